The SMILES string of the molecule is O=C(NCc1cccc(OCC(F)(F)F)c1)C1CC2CCCCC2N1C(=O)c1ccccc1. The summed E-state index contributed by atoms with van der Waals surface area (Å²) in [5.41, 5.74) is 1.19. The fourth-order valence-electron chi connectivity index (χ4n) is 4.93. The minimum Gasteiger partial charge on any atom is -0.484 e. The number of carbonyl (C=O) groups is 2. The summed E-state index contributed by atoms with van der Waals surface area (Å²) in [5.74, 6) is 0.0242. The van der Waals surface area contributed by atoms with E-state index in [0.29, 0.717) is 23.5 Å². The summed E-state index contributed by atoms with van der Waals surface area (Å²) in [7, 11) is 0. The molecule has 5 nitrogen and oxygen atoms in total. The van der Waals surface area contributed by atoms with Gasteiger partial charge in [-0.25, -0.2) is 0 Å². The highest BCUT2D eigenvalue weighted by Crippen LogP contribution is 2.40. The number of likely N-dealkylation sites (tertiary alicyclic amines) is 1. The molecule has 2 fully saturated rings. The normalized spacial score (nSPS) is 22.5. The molecule has 1 N–H and O–H groups in total. The van der Waals surface area contributed by atoms with Gasteiger partial charge in [0.05, 0.1) is 0 Å². The second-order valence-electron chi connectivity index (χ2n) is 8.71. The van der Waals surface area contributed by atoms with Crippen LogP contribution in [0.25, 0.3) is 0 Å². The number of carbonyl (C=O) groups excluding carboxylic acids is 2. The molecule has 1 aliphatic carbocycles. The highest BCUT2D eigenvalue weighted by molar-refractivity contribution is 5.98. The zero-order valence-corrected chi connectivity index (χ0v) is 18.2. The summed E-state index contributed by atoms with van der Waals surface area (Å²) in [6, 6.07) is 14.7. The Labute approximate surface area is 190 Å². The third-order valence-corrected chi connectivity index (χ3v) is 6.41. The number of hydrogen-bond acceptors (Lipinski definition) is 3. The molecule has 2 aliphatic rings. The van der Waals surface area contributed by atoms with Crippen molar-refractivity contribution in [2.24, 2.45) is 5.92 Å². The predicted molar refractivity (Wildman–Crippen MR) is 117 cm³/mol. The van der Waals surface area contributed by atoms with Crippen LogP contribution in [0.2, 0.25) is 0 Å². The molecule has 4 rings (SSSR count). The highest BCUT2D eigenvalue weighted by Gasteiger charge is 2.47. The summed E-state index contributed by atoms with van der Waals surface area (Å²) < 4.78 is 42.0. The van der Waals surface area contributed by atoms with Gasteiger partial charge < -0.3 is 15.0 Å². The van der Waals surface area contributed by atoms with E-state index in [1.54, 1.807) is 29.2 Å². The van der Waals surface area contributed by atoms with E-state index < -0.39 is 18.8 Å². The molecule has 33 heavy (non-hydrogen) atoms. The molecule has 3 atom stereocenters. The molecule has 8 heteroatoms. The summed E-state index contributed by atoms with van der Waals surface area (Å²) in [5, 5.41) is 2.88. The van der Waals surface area contributed by atoms with Gasteiger partial charge in [-0.15, -0.1) is 0 Å². The fraction of sp³-hybridized carbons (Fsp3) is 0.440. The average Bonchev–Trinajstić information content (AvgIpc) is 3.21. The molecule has 3 unspecified atom stereocenters. The number of alkyl halides is 3. The van der Waals surface area contributed by atoms with Crippen molar-refractivity contribution in [2.75, 3.05) is 6.61 Å². The summed E-state index contributed by atoms with van der Waals surface area (Å²) >= 11 is 0. The van der Waals surface area contributed by atoms with Gasteiger partial charge in [-0.3, -0.25) is 9.59 Å². The van der Waals surface area contributed by atoms with Gasteiger partial charge in [0.15, 0.2) is 6.61 Å². The first-order valence-corrected chi connectivity index (χ1v) is 11.3. The standard InChI is InChI=1S/C25H27F3N2O3/c26-25(27,28)16-33-20-11-6-7-17(13-20)15-29-23(31)22-14-19-10-4-5-12-21(19)30(22)24(32)18-8-2-1-3-9-18/h1-3,6-9,11,13,19,21-22H,4-5,10,12,14-16H2,(H,29,31). The van der Waals surface area contributed by atoms with Crippen LogP contribution < -0.4 is 10.1 Å². The molecule has 0 aromatic heterocycles. The third-order valence-electron chi connectivity index (χ3n) is 6.41. The van der Waals surface area contributed by atoms with E-state index in [4.69, 9.17) is 4.74 Å². The van der Waals surface area contributed by atoms with Crippen molar-refractivity contribution >= 4 is 11.8 Å². The van der Waals surface area contributed by atoms with Crippen molar-refractivity contribution in [3.63, 3.8) is 0 Å². The summed E-state index contributed by atoms with van der Waals surface area (Å²) in [6.07, 6.45) is 0.256. The second-order valence-corrected chi connectivity index (χ2v) is 8.71. The van der Waals surface area contributed by atoms with Crippen molar-refractivity contribution in [3.05, 3.63) is 65.7 Å². The fourth-order valence-corrected chi connectivity index (χ4v) is 4.93. The highest BCUT2D eigenvalue weighted by atomic mass is 19.4. The van der Waals surface area contributed by atoms with Crippen LogP contribution in [-0.4, -0.2) is 41.6 Å². The number of ether oxygens (including phenoxy) is 1. The molecule has 1 heterocycles. The molecule has 176 valence electrons. The van der Waals surface area contributed by atoms with Crippen molar-refractivity contribution < 1.29 is 27.5 Å². The predicted octanol–water partition coefficient (Wildman–Crippen LogP) is 4.72. The van der Waals surface area contributed by atoms with Gasteiger partial charge in [-0.1, -0.05) is 43.2 Å². The first-order valence-electron chi connectivity index (χ1n) is 11.3. The van der Waals surface area contributed by atoms with Crippen LogP contribution >= 0.6 is 0 Å². The lowest BCUT2D eigenvalue weighted by molar-refractivity contribution is -0.153. The van der Waals surface area contributed by atoms with E-state index >= 15 is 0 Å². The molecule has 1 saturated heterocycles. The first-order chi connectivity index (χ1) is 15.8. The number of halogens is 3. The zero-order valence-electron chi connectivity index (χ0n) is 18.2. The van der Waals surface area contributed by atoms with E-state index in [-0.39, 0.29) is 30.2 Å². The molecule has 0 bridgehead atoms. The Hall–Kier alpha value is -3.03. The van der Waals surface area contributed by atoms with Gasteiger partial charge in [-0.2, -0.15) is 13.2 Å². The Morgan fingerprint density at radius 2 is 1.79 bits per heavy atom. The number of rotatable bonds is 6. The minimum atomic E-state index is -4.42. The zero-order chi connectivity index (χ0) is 23.4. The Morgan fingerprint density at radius 1 is 1.03 bits per heavy atom. The number of benzene rings is 2. The molecular weight excluding hydrogens is 433 g/mol. The maximum absolute atomic E-state index is 13.3. The van der Waals surface area contributed by atoms with Crippen LogP contribution in [-0.2, 0) is 11.3 Å². The van der Waals surface area contributed by atoms with Crippen LogP contribution in [0.1, 0.15) is 48.0 Å². The molecule has 2 amide bonds. The molecule has 0 radical (unpaired) electrons. The Bertz CT molecular complexity index is 980. The second kappa shape index (κ2) is 9.85. The van der Waals surface area contributed by atoms with E-state index in [2.05, 4.69) is 5.32 Å². The van der Waals surface area contributed by atoms with Gasteiger partial charge in [0.1, 0.15) is 11.8 Å². The summed E-state index contributed by atoms with van der Waals surface area (Å²) in [6.45, 7) is -1.23. The average molecular weight is 460 g/mol. The number of hydrogen-bond donors (Lipinski definition) is 1. The third kappa shape index (κ3) is 5.67. The Morgan fingerprint density at radius 3 is 2.55 bits per heavy atom. The molecule has 2 aromatic rings. The maximum Gasteiger partial charge on any atom is 0.422 e. The smallest absolute Gasteiger partial charge is 0.422 e. The number of nitrogens with one attached hydrogen (secondary N) is 1. The van der Waals surface area contributed by atoms with Crippen LogP contribution in [0.3, 0.4) is 0 Å². The topological polar surface area (TPSA) is 58.6 Å². The first kappa shape index (κ1) is 23.1. The van der Waals surface area contributed by atoms with Crippen LogP contribution in [0.15, 0.2) is 54.6 Å². The molecular formula is C25H27F3N2O3. The largest absolute Gasteiger partial charge is 0.484 e. The van der Waals surface area contributed by atoms with Crippen molar-refractivity contribution in [1.82, 2.24) is 10.2 Å². The quantitative estimate of drug-likeness (QED) is 0.679. The molecule has 0 spiro atoms. The van der Waals surface area contributed by atoms with E-state index in [9.17, 15) is 22.8 Å². The van der Waals surface area contributed by atoms with E-state index in [1.165, 1.54) is 12.1 Å². The van der Waals surface area contributed by atoms with Crippen LogP contribution in [0, 0.1) is 5.92 Å². The van der Waals surface area contributed by atoms with Crippen molar-refractivity contribution in [1.29, 1.82) is 0 Å². The Balaban J connectivity index is 1.44. The minimum absolute atomic E-state index is 0.0568. The molecule has 2 aromatic carbocycles. The van der Waals surface area contributed by atoms with Gasteiger partial charge in [0.2, 0.25) is 5.91 Å². The lowest BCUT2D eigenvalue weighted by Gasteiger charge is -2.33. The van der Waals surface area contributed by atoms with Crippen LogP contribution in [0.4, 0.5) is 13.2 Å². The lowest BCUT2D eigenvalue weighted by atomic mass is 9.84. The van der Waals surface area contributed by atoms with Gasteiger partial charge in [-0.05, 0) is 55.0 Å². The van der Waals surface area contributed by atoms with Crippen molar-refractivity contribution in [3.8, 4) is 5.75 Å². The number of nitrogens with zero attached hydrogens (tertiary/aromatic N) is 1. The van der Waals surface area contributed by atoms with E-state index in [0.717, 1.165) is 25.7 Å². The molecule has 1 aliphatic heterocycles. The van der Waals surface area contributed by atoms with Gasteiger partial charge in [0.25, 0.3) is 5.91 Å². The van der Waals surface area contributed by atoms with Gasteiger partial charge >= 0.3 is 6.18 Å². The van der Waals surface area contributed by atoms with Gasteiger partial charge in [0, 0.05) is 18.2 Å². The molecule has 1 saturated carbocycles. The maximum atomic E-state index is 13.3. The van der Waals surface area contributed by atoms with Crippen molar-refractivity contribution in [2.45, 2.75) is 56.9 Å². The van der Waals surface area contributed by atoms with E-state index in [1.807, 2.05) is 18.2 Å². The number of fused-ring (bicyclic) bond motifs is 1. The number of amides is 2. The van der Waals surface area contributed by atoms with Crippen LogP contribution in [0.5, 0.6) is 5.75 Å². The lowest BCUT2D eigenvalue weighted by Crippen LogP contribution is -2.49. The Kier molecular flexibility index (Phi) is 6.91. The summed E-state index contributed by atoms with van der Waals surface area (Å²) in [4.78, 5) is 28.3. The monoisotopic (exact) mass is 460 g/mol.